The molecular formula is C55H47O7P. The lowest BCUT2D eigenvalue weighted by Gasteiger charge is -2.17. The van der Waals surface area contributed by atoms with Crippen molar-refractivity contribution < 1.29 is 31.9 Å². The van der Waals surface area contributed by atoms with Crippen molar-refractivity contribution in [2.24, 2.45) is 5.92 Å². The standard InChI is InChI=1S/C55H47O7P/c1-7-31(2)13-12-26-60-63-61-54-40(27-46(58-5)42-29-44(56-3)38-24-22-34-20-18-32-14-8-10-16-36(32)48(34)50(38)52(42)54)41-28-47(59-6)43-30-45(57-4)39-25-23-35-21-19-33-15-9-11-17-37(33)49(35)51(39)53(43)55(41)62-63/h8-11,14-25,27-31H,7,12-13,26H2,1-6H3/t31-/m1/s1. The van der Waals surface area contributed by atoms with Crippen LogP contribution in [0.2, 0.25) is 0 Å². The maximum Gasteiger partial charge on any atom is 0.387 e. The van der Waals surface area contributed by atoms with Gasteiger partial charge in [-0.15, -0.1) is 0 Å². The van der Waals surface area contributed by atoms with Gasteiger partial charge in [0.25, 0.3) is 0 Å². The van der Waals surface area contributed by atoms with E-state index in [1.54, 1.807) is 28.4 Å². The fourth-order valence-corrected chi connectivity index (χ4v) is 11.0. The lowest BCUT2D eigenvalue weighted by Crippen LogP contribution is -1.99. The van der Waals surface area contributed by atoms with Crippen LogP contribution in [0.1, 0.15) is 33.1 Å². The highest BCUT2D eigenvalue weighted by Crippen LogP contribution is 2.52. The molecule has 314 valence electrons. The molecule has 0 aliphatic rings. The summed E-state index contributed by atoms with van der Waals surface area (Å²) >= 11 is 0. The second-order valence-corrected chi connectivity index (χ2v) is 17.6. The van der Waals surface area contributed by atoms with Crippen LogP contribution >= 0.6 is 8.24 Å². The molecule has 0 saturated heterocycles. The van der Waals surface area contributed by atoms with Gasteiger partial charge in [-0.3, -0.25) is 4.52 Å². The van der Waals surface area contributed by atoms with Gasteiger partial charge in [0, 0.05) is 53.9 Å². The Hall–Kier alpha value is -6.66. The molecule has 0 fully saturated rings. The Balaban J connectivity index is 1.41. The van der Waals surface area contributed by atoms with E-state index in [4.69, 9.17) is 31.9 Å². The SMILES string of the molecule is CC[C@@H](C)CCCOp1oc2c(cc(OC)c3cc(OC)c4ccc5ccc6ccccc6c5c4c32)c2cc(OC)c3cc(OC)c4ccc5ccc6ccccc6c5c4c3c2o1. The largest absolute Gasteiger partial charge is 0.496 e. The maximum atomic E-state index is 7.32. The third-order valence-electron chi connectivity index (χ3n) is 13.2. The first-order valence-corrected chi connectivity index (χ1v) is 22.7. The Morgan fingerprint density at radius 2 is 0.857 bits per heavy atom. The molecule has 1 heterocycles. The van der Waals surface area contributed by atoms with Crippen LogP contribution in [-0.4, -0.2) is 35.0 Å². The van der Waals surface area contributed by atoms with Gasteiger partial charge >= 0.3 is 8.24 Å². The monoisotopic (exact) mass is 850 g/mol. The summed E-state index contributed by atoms with van der Waals surface area (Å²) in [5.41, 5.74) is 1.31. The second kappa shape index (κ2) is 15.6. The van der Waals surface area contributed by atoms with Gasteiger partial charge in [0.05, 0.1) is 35.0 Å². The van der Waals surface area contributed by atoms with Crippen LogP contribution in [0.3, 0.4) is 0 Å². The van der Waals surface area contributed by atoms with E-state index < -0.39 is 8.24 Å². The van der Waals surface area contributed by atoms with Gasteiger partial charge < -0.3 is 27.3 Å². The molecule has 0 radical (unpaired) electrons. The molecule has 11 rings (SSSR count). The summed E-state index contributed by atoms with van der Waals surface area (Å²) in [5, 5.41) is 18.0. The van der Waals surface area contributed by atoms with Crippen molar-refractivity contribution in [3.63, 3.8) is 0 Å². The van der Waals surface area contributed by atoms with Gasteiger partial charge in [-0.25, -0.2) is 0 Å². The van der Waals surface area contributed by atoms with Crippen molar-refractivity contribution in [1.29, 1.82) is 0 Å². The predicted octanol–water partition coefficient (Wildman–Crippen LogP) is 15.8. The topological polar surface area (TPSA) is 72.4 Å². The zero-order chi connectivity index (χ0) is 42.9. The first-order valence-electron chi connectivity index (χ1n) is 21.7. The second-order valence-electron chi connectivity index (χ2n) is 16.6. The fraction of sp³-hybridized carbons (Fsp3) is 0.200. The highest BCUT2D eigenvalue weighted by atomic mass is 31.1. The minimum atomic E-state index is -2.01. The van der Waals surface area contributed by atoms with Crippen LogP contribution in [0.15, 0.2) is 130 Å². The highest BCUT2D eigenvalue weighted by Gasteiger charge is 2.25. The minimum absolute atomic E-state index is 0.479. The van der Waals surface area contributed by atoms with Gasteiger partial charge in [-0.05, 0) is 98.2 Å². The van der Waals surface area contributed by atoms with E-state index in [0.717, 1.165) is 128 Å². The molecule has 11 aromatic rings. The van der Waals surface area contributed by atoms with Crippen molar-refractivity contribution in [1.82, 2.24) is 0 Å². The minimum Gasteiger partial charge on any atom is -0.496 e. The lowest BCUT2D eigenvalue weighted by atomic mass is 9.90. The van der Waals surface area contributed by atoms with Crippen LogP contribution in [0, 0.1) is 5.92 Å². The average molecular weight is 851 g/mol. The van der Waals surface area contributed by atoms with Crippen LogP contribution in [0.4, 0.5) is 0 Å². The van der Waals surface area contributed by atoms with Crippen LogP contribution in [0.25, 0.3) is 108 Å². The number of hydrogen-bond acceptors (Lipinski definition) is 7. The van der Waals surface area contributed by atoms with Gasteiger partial charge in [-0.1, -0.05) is 105 Å². The molecular weight excluding hydrogens is 804 g/mol. The van der Waals surface area contributed by atoms with Crippen molar-refractivity contribution in [2.75, 3.05) is 35.0 Å². The van der Waals surface area contributed by atoms with Crippen molar-refractivity contribution >= 4 is 116 Å². The summed E-state index contributed by atoms with van der Waals surface area (Å²) in [6.07, 6.45) is 3.03. The van der Waals surface area contributed by atoms with Gasteiger partial charge in [0.2, 0.25) is 0 Å². The average Bonchev–Trinajstić information content (AvgIpc) is 3.49. The number of methoxy groups -OCH3 is 4. The first-order chi connectivity index (χ1) is 30.9. The summed E-state index contributed by atoms with van der Waals surface area (Å²) < 4.78 is 46.5. The van der Waals surface area contributed by atoms with Crippen molar-refractivity contribution in [3.05, 3.63) is 121 Å². The molecule has 63 heavy (non-hydrogen) atoms. The summed E-state index contributed by atoms with van der Waals surface area (Å²) in [6, 6.07) is 42.7. The molecule has 10 aromatic carbocycles. The van der Waals surface area contributed by atoms with E-state index in [1.165, 1.54) is 0 Å². The summed E-state index contributed by atoms with van der Waals surface area (Å²) in [4.78, 5) is 0. The number of fused-ring (bicyclic) bond motifs is 19. The zero-order valence-corrected chi connectivity index (χ0v) is 37.2. The quantitative estimate of drug-likeness (QED) is 0.100. The molecule has 0 aliphatic heterocycles. The molecule has 7 nitrogen and oxygen atoms in total. The van der Waals surface area contributed by atoms with E-state index in [1.807, 2.05) is 0 Å². The van der Waals surface area contributed by atoms with Gasteiger partial charge in [0.15, 0.2) is 11.2 Å². The van der Waals surface area contributed by atoms with Gasteiger partial charge in [0.1, 0.15) is 23.0 Å². The van der Waals surface area contributed by atoms with Gasteiger partial charge in [-0.2, -0.15) is 0 Å². The van der Waals surface area contributed by atoms with E-state index in [2.05, 4.69) is 135 Å². The predicted molar refractivity (Wildman–Crippen MR) is 263 cm³/mol. The highest BCUT2D eigenvalue weighted by molar-refractivity contribution is 7.31. The Labute approximate surface area is 365 Å². The number of hydrogen-bond donors (Lipinski definition) is 0. The smallest absolute Gasteiger partial charge is 0.387 e. The van der Waals surface area contributed by atoms with E-state index in [9.17, 15) is 0 Å². The van der Waals surface area contributed by atoms with Crippen LogP contribution in [0.5, 0.6) is 23.0 Å². The molecule has 0 unspecified atom stereocenters. The molecule has 0 saturated carbocycles. The molecule has 0 N–H and O–H groups in total. The van der Waals surface area contributed by atoms with Crippen LogP contribution in [-0.2, 0) is 0 Å². The fourth-order valence-electron chi connectivity index (χ4n) is 9.90. The molecule has 0 spiro atoms. The summed E-state index contributed by atoms with van der Waals surface area (Å²) in [5.74, 6) is 3.41. The molecule has 1 aromatic heterocycles. The molecule has 1 atom stereocenters. The van der Waals surface area contributed by atoms with Crippen LogP contribution < -0.4 is 23.5 Å². The summed E-state index contributed by atoms with van der Waals surface area (Å²) in [7, 11) is 4.87. The number of ether oxygens (including phenoxy) is 4. The number of rotatable bonds is 10. The Morgan fingerprint density at radius 3 is 1.32 bits per heavy atom. The molecule has 0 amide bonds. The van der Waals surface area contributed by atoms with E-state index >= 15 is 0 Å². The zero-order valence-electron chi connectivity index (χ0n) is 36.3. The Bertz CT molecular complexity index is 3470. The lowest BCUT2D eigenvalue weighted by molar-refractivity contribution is 0.342. The third kappa shape index (κ3) is 6.12. The molecule has 0 aliphatic carbocycles. The Kier molecular flexibility index (Phi) is 9.71. The third-order valence-corrected chi connectivity index (χ3v) is 14.3. The van der Waals surface area contributed by atoms with E-state index in [-0.39, 0.29) is 0 Å². The van der Waals surface area contributed by atoms with Crippen molar-refractivity contribution in [3.8, 4) is 23.0 Å². The Morgan fingerprint density at radius 1 is 0.444 bits per heavy atom. The normalized spacial score (nSPS) is 12.5. The summed E-state index contributed by atoms with van der Waals surface area (Å²) in [6.45, 7) is 5.00. The molecule has 0 bridgehead atoms. The van der Waals surface area contributed by atoms with E-state index in [0.29, 0.717) is 35.2 Å². The van der Waals surface area contributed by atoms with Crippen molar-refractivity contribution in [2.45, 2.75) is 33.1 Å². The number of benzene rings is 10. The maximum absolute atomic E-state index is 7.32. The first kappa shape index (κ1) is 39.2. The molecule has 8 heteroatoms.